The van der Waals surface area contributed by atoms with Crippen LogP contribution in [0.1, 0.15) is 38.7 Å². The van der Waals surface area contributed by atoms with Gasteiger partial charge in [-0.15, -0.1) is 0 Å². The average molecular weight is 314 g/mol. The maximum atomic E-state index is 12.6. The fourth-order valence-electron chi connectivity index (χ4n) is 2.89. The molecule has 0 bridgehead atoms. The molecule has 0 saturated heterocycles. The summed E-state index contributed by atoms with van der Waals surface area (Å²) < 4.78 is 37.9. The van der Waals surface area contributed by atoms with Crippen LogP contribution in [0.25, 0.3) is 0 Å². The van der Waals surface area contributed by atoms with Crippen molar-refractivity contribution in [1.82, 2.24) is 5.32 Å². The summed E-state index contributed by atoms with van der Waals surface area (Å²) in [5.74, 6) is 0.897. The zero-order valence-corrected chi connectivity index (χ0v) is 12.7. The molecule has 1 saturated carbocycles. The van der Waals surface area contributed by atoms with E-state index in [1.807, 2.05) is 0 Å². The van der Waals surface area contributed by atoms with Crippen LogP contribution in [0.5, 0.6) is 0 Å². The molecule has 1 aliphatic rings. The molecular weight excluding hydrogens is 293 g/mol. The molecule has 3 atom stereocenters. The zero-order valence-electron chi connectivity index (χ0n) is 12.7. The number of urea groups is 1. The highest BCUT2D eigenvalue weighted by Gasteiger charge is 2.31. The minimum Gasteiger partial charge on any atom is -0.335 e. The molecule has 1 aromatic carbocycles. The molecule has 0 aliphatic heterocycles. The number of amides is 2. The van der Waals surface area contributed by atoms with E-state index in [2.05, 4.69) is 24.5 Å². The number of hydrogen-bond acceptors (Lipinski definition) is 1. The maximum absolute atomic E-state index is 12.6. The summed E-state index contributed by atoms with van der Waals surface area (Å²) in [4.78, 5) is 12.0. The van der Waals surface area contributed by atoms with Crippen molar-refractivity contribution in [3.8, 4) is 0 Å². The molecule has 22 heavy (non-hydrogen) atoms. The Bertz CT molecular complexity index is 530. The van der Waals surface area contributed by atoms with E-state index in [0.29, 0.717) is 11.8 Å². The van der Waals surface area contributed by atoms with Crippen LogP contribution in [0.2, 0.25) is 0 Å². The van der Waals surface area contributed by atoms with Gasteiger partial charge in [-0.25, -0.2) is 4.79 Å². The SMILES string of the molecule is CC1CCCC(NC(=O)Nc2cccc(C(F)(F)F)c2)C1C. The minimum atomic E-state index is -4.42. The maximum Gasteiger partial charge on any atom is 0.416 e. The molecule has 0 spiro atoms. The van der Waals surface area contributed by atoms with Gasteiger partial charge in [-0.05, 0) is 36.5 Å². The van der Waals surface area contributed by atoms with E-state index in [1.165, 1.54) is 12.1 Å². The molecule has 2 rings (SSSR count). The number of benzene rings is 1. The van der Waals surface area contributed by atoms with Crippen LogP contribution in [-0.2, 0) is 6.18 Å². The summed E-state index contributed by atoms with van der Waals surface area (Å²) in [6, 6.07) is 4.26. The van der Waals surface area contributed by atoms with Crippen LogP contribution < -0.4 is 10.6 Å². The molecular formula is C16H21F3N2O. The van der Waals surface area contributed by atoms with Crippen LogP contribution in [0, 0.1) is 11.8 Å². The number of carbonyl (C=O) groups is 1. The number of carbonyl (C=O) groups excluding carboxylic acids is 1. The third kappa shape index (κ3) is 4.15. The van der Waals surface area contributed by atoms with Gasteiger partial charge in [0.15, 0.2) is 0 Å². The highest BCUT2D eigenvalue weighted by atomic mass is 19.4. The van der Waals surface area contributed by atoms with Gasteiger partial charge in [-0.1, -0.05) is 32.8 Å². The monoisotopic (exact) mass is 314 g/mol. The average Bonchev–Trinajstić information content (AvgIpc) is 2.43. The van der Waals surface area contributed by atoms with Gasteiger partial charge in [0.05, 0.1) is 5.56 Å². The van der Waals surface area contributed by atoms with Crippen molar-refractivity contribution >= 4 is 11.7 Å². The third-order valence-corrected chi connectivity index (χ3v) is 4.47. The number of alkyl halides is 3. The van der Waals surface area contributed by atoms with Crippen LogP contribution >= 0.6 is 0 Å². The summed E-state index contributed by atoms with van der Waals surface area (Å²) in [7, 11) is 0. The lowest BCUT2D eigenvalue weighted by Crippen LogP contribution is -2.45. The predicted octanol–water partition coefficient (Wildman–Crippen LogP) is 4.65. The Labute approximate surface area is 128 Å². The second-order valence-corrected chi connectivity index (χ2v) is 6.05. The Balaban J connectivity index is 1.97. The molecule has 0 aromatic heterocycles. The number of hydrogen-bond donors (Lipinski definition) is 2. The summed E-state index contributed by atoms with van der Waals surface area (Å²) in [6.45, 7) is 4.25. The fraction of sp³-hybridized carbons (Fsp3) is 0.562. The van der Waals surface area contributed by atoms with Gasteiger partial charge in [-0.3, -0.25) is 0 Å². The number of nitrogens with one attached hydrogen (secondary N) is 2. The molecule has 2 N–H and O–H groups in total. The Morgan fingerprint density at radius 1 is 1.23 bits per heavy atom. The summed E-state index contributed by atoms with van der Waals surface area (Å²) in [5.41, 5.74) is -0.631. The van der Waals surface area contributed by atoms with Crippen LogP contribution in [-0.4, -0.2) is 12.1 Å². The third-order valence-electron chi connectivity index (χ3n) is 4.47. The topological polar surface area (TPSA) is 41.1 Å². The Hall–Kier alpha value is -1.72. The van der Waals surface area contributed by atoms with Gasteiger partial charge in [0, 0.05) is 11.7 Å². The number of anilines is 1. The van der Waals surface area contributed by atoms with Crippen molar-refractivity contribution < 1.29 is 18.0 Å². The normalized spacial score (nSPS) is 25.6. The van der Waals surface area contributed by atoms with Gasteiger partial charge < -0.3 is 10.6 Å². The molecule has 1 aromatic rings. The summed E-state index contributed by atoms with van der Waals surface area (Å²) >= 11 is 0. The first-order chi connectivity index (χ1) is 10.3. The van der Waals surface area contributed by atoms with Crippen molar-refractivity contribution in [1.29, 1.82) is 0 Å². The van der Waals surface area contributed by atoms with E-state index in [9.17, 15) is 18.0 Å². The van der Waals surface area contributed by atoms with E-state index in [1.54, 1.807) is 0 Å². The van der Waals surface area contributed by atoms with Crippen molar-refractivity contribution in [2.24, 2.45) is 11.8 Å². The van der Waals surface area contributed by atoms with E-state index in [-0.39, 0.29) is 11.7 Å². The van der Waals surface area contributed by atoms with Crippen LogP contribution in [0.3, 0.4) is 0 Å². The first-order valence-corrected chi connectivity index (χ1v) is 7.52. The lowest BCUT2D eigenvalue weighted by molar-refractivity contribution is -0.137. The van der Waals surface area contributed by atoms with E-state index in [4.69, 9.17) is 0 Å². The fourth-order valence-corrected chi connectivity index (χ4v) is 2.89. The van der Waals surface area contributed by atoms with Gasteiger partial charge in [-0.2, -0.15) is 13.2 Å². The minimum absolute atomic E-state index is 0.0644. The molecule has 3 nitrogen and oxygen atoms in total. The largest absolute Gasteiger partial charge is 0.416 e. The molecule has 6 heteroatoms. The Morgan fingerprint density at radius 3 is 2.64 bits per heavy atom. The van der Waals surface area contributed by atoms with Crippen molar-refractivity contribution in [2.45, 2.75) is 45.3 Å². The van der Waals surface area contributed by atoms with Gasteiger partial charge >= 0.3 is 12.2 Å². The van der Waals surface area contributed by atoms with Crippen molar-refractivity contribution in [3.63, 3.8) is 0 Å². The number of rotatable bonds is 2. The Morgan fingerprint density at radius 2 is 1.95 bits per heavy atom. The molecule has 0 heterocycles. The van der Waals surface area contributed by atoms with Crippen LogP contribution in [0.15, 0.2) is 24.3 Å². The molecule has 1 fully saturated rings. The molecule has 0 radical (unpaired) electrons. The molecule has 1 aliphatic carbocycles. The van der Waals surface area contributed by atoms with Gasteiger partial charge in [0.2, 0.25) is 0 Å². The second-order valence-electron chi connectivity index (χ2n) is 6.05. The predicted molar refractivity (Wildman–Crippen MR) is 79.6 cm³/mol. The van der Waals surface area contributed by atoms with Crippen molar-refractivity contribution in [3.05, 3.63) is 29.8 Å². The van der Waals surface area contributed by atoms with Crippen LogP contribution in [0.4, 0.5) is 23.7 Å². The van der Waals surface area contributed by atoms with Gasteiger partial charge in [0.1, 0.15) is 0 Å². The highest BCUT2D eigenvalue weighted by molar-refractivity contribution is 5.89. The molecule has 3 unspecified atom stereocenters. The highest BCUT2D eigenvalue weighted by Crippen LogP contribution is 2.31. The lowest BCUT2D eigenvalue weighted by atomic mass is 9.78. The van der Waals surface area contributed by atoms with E-state index < -0.39 is 17.8 Å². The van der Waals surface area contributed by atoms with E-state index >= 15 is 0 Å². The lowest BCUT2D eigenvalue weighted by Gasteiger charge is -2.34. The first kappa shape index (κ1) is 16.6. The standard InChI is InChI=1S/C16H21F3N2O/c1-10-5-3-8-14(11(10)2)21-15(22)20-13-7-4-6-12(9-13)16(17,18)19/h4,6-7,9-11,14H,3,5,8H2,1-2H3,(H2,20,21,22). The smallest absolute Gasteiger partial charge is 0.335 e. The summed E-state index contributed by atoms with van der Waals surface area (Å²) in [5, 5.41) is 5.36. The zero-order chi connectivity index (χ0) is 16.3. The second kappa shape index (κ2) is 6.58. The first-order valence-electron chi connectivity index (χ1n) is 7.52. The number of halogens is 3. The van der Waals surface area contributed by atoms with Gasteiger partial charge in [0.25, 0.3) is 0 Å². The van der Waals surface area contributed by atoms with Crippen molar-refractivity contribution in [2.75, 3.05) is 5.32 Å². The quantitative estimate of drug-likeness (QED) is 0.819. The molecule has 2 amide bonds. The van der Waals surface area contributed by atoms with E-state index in [0.717, 1.165) is 31.4 Å². The Kier molecular flexibility index (Phi) is 4.98. The summed E-state index contributed by atoms with van der Waals surface area (Å²) in [6.07, 6.45) is -1.31. The molecule has 122 valence electrons.